The van der Waals surface area contributed by atoms with Crippen LogP contribution in [0.1, 0.15) is 0 Å². The van der Waals surface area contributed by atoms with Gasteiger partial charge in [-0.1, -0.05) is 0 Å². The van der Waals surface area contributed by atoms with Crippen LogP contribution in [0.3, 0.4) is 0 Å². The van der Waals surface area contributed by atoms with Crippen LogP contribution in [0.25, 0.3) is 0 Å². The number of hydrogen-bond acceptors (Lipinski definition) is 0. The van der Waals surface area contributed by atoms with E-state index in [1.54, 1.807) is 0 Å². The zero-order chi connectivity index (χ0) is 0. The van der Waals surface area contributed by atoms with Crippen LogP contribution >= 0.6 is 0 Å². The van der Waals surface area contributed by atoms with E-state index in [1.165, 1.54) is 0 Å². The van der Waals surface area contributed by atoms with Crippen LogP contribution < -0.4 is 0 Å². The van der Waals surface area contributed by atoms with Crippen molar-refractivity contribution in [2.24, 2.45) is 0 Å². The Morgan fingerprint density at radius 1 is 0.250 bits per heavy atom. The van der Waals surface area contributed by atoms with Crippen LogP contribution in [-0.2, 0) is 65.2 Å². The summed E-state index contributed by atoms with van der Waals surface area (Å²) in [7, 11) is 0. The number of hydrogen-bond donors (Lipinski definition) is 0. The Kier molecular flexibility index (Phi) is 577. The third-order valence-electron chi connectivity index (χ3n) is 0. The molecule has 8 heteroatoms. The standard InChI is InChI=1S/5Al.3Ti.15H. The third kappa shape index (κ3) is 45.0. The summed E-state index contributed by atoms with van der Waals surface area (Å²) < 4.78 is 0. The summed E-state index contributed by atoms with van der Waals surface area (Å²) in [6, 6.07) is 0. The van der Waals surface area contributed by atoms with Crippen LogP contribution in [-0.4, -0.2) is 86.8 Å². The fourth-order valence-electron chi connectivity index (χ4n) is 0. The molecule has 0 saturated carbocycles. The van der Waals surface area contributed by atoms with E-state index in [2.05, 4.69) is 0 Å². The van der Waals surface area contributed by atoms with Gasteiger partial charge < -0.3 is 0 Å². The van der Waals surface area contributed by atoms with Gasteiger partial charge in [0, 0.05) is 65.2 Å². The van der Waals surface area contributed by atoms with Gasteiger partial charge in [0.1, 0.15) is 0 Å². The summed E-state index contributed by atoms with van der Waals surface area (Å²) in [5.74, 6) is 0. The van der Waals surface area contributed by atoms with Crippen molar-refractivity contribution < 1.29 is 65.2 Å². The summed E-state index contributed by atoms with van der Waals surface area (Å²) in [6.45, 7) is 0. The van der Waals surface area contributed by atoms with Crippen molar-refractivity contribution in [1.82, 2.24) is 0 Å². The molecule has 0 saturated heterocycles. The van der Waals surface area contributed by atoms with E-state index in [-0.39, 0.29) is 152 Å². The van der Waals surface area contributed by atoms with E-state index >= 15 is 0 Å². The van der Waals surface area contributed by atoms with E-state index in [1.807, 2.05) is 0 Å². The Morgan fingerprint density at radius 3 is 0.250 bits per heavy atom. The van der Waals surface area contributed by atoms with Crippen molar-refractivity contribution in [3.05, 3.63) is 0 Å². The first-order valence-corrected chi connectivity index (χ1v) is 0. The molecule has 0 N–H and O–H groups in total. The molecule has 0 bridgehead atoms. The Bertz CT molecular complexity index is 7.64. The topological polar surface area (TPSA) is 0 Å². The minimum absolute atomic E-state index is 0. The molecule has 0 heterocycles. The van der Waals surface area contributed by atoms with Gasteiger partial charge in [-0.25, -0.2) is 0 Å². The maximum Gasteiger partial charge on any atom is 0.187 e. The molecule has 0 radical (unpaired) electrons. The molecule has 0 aromatic carbocycles. The quantitative estimate of drug-likeness (QED) is 0.390. The van der Waals surface area contributed by atoms with Crippen LogP contribution in [0, 0.1) is 0 Å². The van der Waals surface area contributed by atoms with E-state index in [4.69, 9.17) is 0 Å². The van der Waals surface area contributed by atoms with E-state index in [0.29, 0.717) is 0 Å². The van der Waals surface area contributed by atoms with E-state index in [0.717, 1.165) is 0 Å². The van der Waals surface area contributed by atoms with Crippen LogP contribution in [0.4, 0.5) is 0 Å². The van der Waals surface area contributed by atoms with Crippen molar-refractivity contribution in [3.8, 4) is 0 Å². The summed E-state index contributed by atoms with van der Waals surface area (Å²) in [6.07, 6.45) is 0. The number of rotatable bonds is 0. The molecule has 0 spiro atoms. The van der Waals surface area contributed by atoms with Crippen molar-refractivity contribution in [2.75, 3.05) is 0 Å². The predicted octanol–water partition coefficient (Wildman–Crippen LogP) is -5.93. The Labute approximate surface area is 149 Å². The summed E-state index contributed by atoms with van der Waals surface area (Å²) in [4.78, 5) is 0. The molecule has 8 heavy (non-hydrogen) atoms. The van der Waals surface area contributed by atoms with Crippen molar-refractivity contribution in [3.63, 3.8) is 0 Å². The molecule has 0 aromatic heterocycles. The van der Waals surface area contributed by atoms with Crippen molar-refractivity contribution in [1.29, 1.82) is 0 Å². The van der Waals surface area contributed by atoms with Gasteiger partial charge in [0.15, 0.2) is 86.8 Å². The van der Waals surface area contributed by atoms with Crippen LogP contribution in [0.15, 0.2) is 0 Å². The third-order valence-corrected chi connectivity index (χ3v) is 0. The molecule has 0 nitrogen and oxygen atoms in total. The average Bonchev–Trinajstić information content (AvgIpc) is 0. The zero-order valence-electron chi connectivity index (χ0n) is 1.50. The maximum absolute atomic E-state index is 0. The molecule has 0 rings (SSSR count). The maximum atomic E-state index is 0. The zero-order valence-corrected chi connectivity index (χ0v) is 6.18. The molecule has 0 atom stereocenters. The van der Waals surface area contributed by atoms with Gasteiger partial charge >= 0.3 is 0 Å². The molecule has 0 amide bonds. The Hall–Kier alpha value is 4.81. The molecule has 0 unspecified atom stereocenters. The van der Waals surface area contributed by atoms with Gasteiger partial charge in [0.2, 0.25) is 0 Å². The van der Waals surface area contributed by atoms with Crippen LogP contribution in [0.5, 0.6) is 0 Å². The van der Waals surface area contributed by atoms with E-state index in [9.17, 15) is 0 Å². The summed E-state index contributed by atoms with van der Waals surface area (Å²) >= 11 is 0. The normalized spacial score (nSPS) is 0. The molecule has 0 aliphatic carbocycles. The molecule has 0 fully saturated rings. The molecule has 0 aromatic rings. The monoisotopic (exact) mass is 294 g/mol. The Balaban J connectivity index is 0. The largest absolute Gasteiger partial charge is 0.187 e. The van der Waals surface area contributed by atoms with Gasteiger partial charge in [0.05, 0.1) is 0 Å². The minimum Gasteiger partial charge on any atom is 0 e. The second-order valence-electron chi connectivity index (χ2n) is 0. The van der Waals surface area contributed by atoms with E-state index < -0.39 is 0 Å². The van der Waals surface area contributed by atoms with Gasteiger partial charge in [-0.2, -0.15) is 0 Å². The van der Waals surface area contributed by atoms with Gasteiger partial charge in [-0.05, 0) is 0 Å². The average molecular weight is 294 g/mol. The van der Waals surface area contributed by atoms with Gasteiger partial charge in [0.25, 0.3) is 0 Å². The van der Waals surface area contributed by atoms with Gasteiger partial charge in [-0.3, -0.25) is 0 Å². The molecular weight excluding hydrogens is 279 g/mol. The summed E-state index contributed by atoms with van der Waals surface area (Å²) in [5.41, 5.74) is 0. The van der Waals surface area contributed by atoms with Gasteiger partial charge in [-0.15, -0.1) is 0 Å². The molecular formula is H15Al5Ti3. The fraction of sp³-hybridized carbons (Fsp3) is 0. The van der Waals surface area contributed by atoms with Crippen LogP contribution in [0.2, 0.25) is 0 Å². The molecule has 42 valence electrons. The Morgan fingerprint density at radius 2 is 0.250 bits per heavy atom. The minimum atomic E-state index is 0. The first-order chi connectivity index (χ1) is 0. The second-order valence-corrected chi connectivity index (χ2v) is 0. The predicted molar refractivity (Wildman–Crippen MR) is 49.7 cm³/mol. The summed E-state index contributed by atoms with van der Waals surface area (Å²) in [5, 5.41) is 0. The first kappa shape index (κ1) is 77.3. The second kappa shape index (κ2) is 59.7. The SMILES string of the molecule is [AlH3].[AlH3].[AlH3].[AlH3].[AlH3].[Ti].[Ti].[Ti]. The first-order valence-electron chi connectivity index (χ1n) is 0. The van der Waals surface area contributed by atoms with Crippen molar-refractivity contribution >= 4 is 86.8 Å². The molecule has 0 aliphatic heterocycles. The van der Waals surface area contributed by atoms with Crippen molar-refractivity contribution in [2.45, 2.75) is 0 Å². The fourth-order valence-corrected chi connectivity index (χ4v) is 0. The smallest absolute Gasteiger partial charge is 0 e. The molecule has 0 aliphatic rings.